The van der Waals surface area contributed by atoms with Crippen LogP contribution in [0.15, 0.2) is 36.5 Å². The van der Waals surface area contributed by atoms with Gasteiger partial charge in [-0.3, -0.25) is 4.98 Å². The van der Waals surface area contributed by atoms with E-state index in [0.717, 1.165) is 16.5 Å². The normalized spacial score (nSPS) is 11.9. The van der Waals surface area contributed by atoms with Crippen LogP contribution in [0.4, 0.5) is 13.2 Å². The van der Waals surface area contributed by atoms with Crippen LogP contribution in [-0.4, -0.2) is 24.2 Å². The summed E-state index contributed by atoms with van der Waals surface area (Å²) in [5, 5.41) is 3.86. The number of halogens is 3. The molecule has 0 aliphatic carbocycles. The largest absolute Gasteiger partial charge is 0.390 e. The van der Waals surface area contributed by atoms with Crippen LogP contribution >= 0.6 is 0 Å². The van der Waals surface area contributed by atoms with E-state index in [9.17, 15) is 13.2 Å². The van der Waals surface area contributed by atoms with Gasteiger partial charge in [0, 0.05) is 18.1 Å². The molecule has 1 aromatic heterocycles. The van der Waals surface area contributed by atoms with Gasteiger partial charge in [-0.1, -0.05) is 24.3 Å². The van der Waals surface area contributed by atoms with Crippen molar-refractivity contribution < 1.29 is 13.2 Å². The van der Waals surface area contributed by atoms with Crippen LogP contribution in [0.3, 0.4) is 0 Å². The second-order valence-electron chi connectivity index (χ2n) is 4.36. The zero-order valence-electron chi connectivity index (χ0n) is 10.4. The van der Waals surface area contributed by atoms with E-state index in [1.165, 1.54) is 0 Å². The third-order valence-electron chi connectivity index (χ3n) is 2.87. The summed E-state index contributed by atoms with van der Waals surface area (Å²) in [7, 11) is 0. The smallest absolute Gasteiger partial charge is 0.316 e. The number of hydrogen-bond donors (Lipinski definition) is 1. The molecular formula is C14H15F3N2. The lowest BCUT2D eigenvalue weighted by Crippen LogP contribution is -2.23. The fourth-order valence-corrected chi connectivity index (χ4v) is 1.95. The lowest BCUT2D eigenvalue weighted by Gasteiger charge is -2.08. The van der Waals surface area contributed by atoms with Gasteiger partial charge in [0.1, 0.15) is 0 Å². The maximum Gasteiger partial charge on any atom is 0.390 e. The Morgan fingerprint density at radius 1 is 1.05 bits per heavy atom. The molecule has 0 aliphatic heterocycles. The van der Waals surface area contributed by atoms with E-state index < -0.39 is 12.6 Å². The van der Waals surface area contributed by atoms with Gasteiger partial charge < -0.3 is 5.32 Å². The highest BCUT2D eigenvalue weighted by atomic mass is 19.4. The molecule has 102 valence electrons. The van der Waals surface area contributed by atoms with E-state index in [2.05, 4.69) is 10.3 Å². The average molecular weight is 268 g/mol. The van der Waals surface area contributed by atoms with Gasteiger partial charge >= 0.3 is 6.18 Å². The quantitative estimate of drug-likeness (QED) is 0.841. The summed E-state index contributed by atoms with van der Waals surface area (Å²) < 4.78 is 35.9. The number of pyridine rings is 1. The molecule has 2 rings (SSSR count). The topological polar surface area (TPSA) is 24.9 Å². The third-order valence-corrected chi connectivity index (χ3v) is 2.87. The lowest BCUT2D eigenvalue weighted by molar-refractivity contribution is -0.133. The minimum Gasteiger partial charge on any atom is -0.316 e. The van der Waals surface area contributed by atoms with Crippen molar-refractivity contribution in [2.24, 2.45) is 0 Å². The standard InChI is InChI=1S/C14H15F3N2/c15-14(16,17)7-10-18-9-6-12-4-1-3-11-5-2-8-19-13(11)12/h1-5,8,18H,6-7,9-10H2. The lowest BCUT2D eigenvalue weighted by atomic mass is 10.1. The minimum atomic E-state index is -4.09. The molecule has 0 bridgehead atoms. The second kappa shape index (κ2) is 6.02. The molecule has 0 radical (unpaired) electrons. The maximum absolute atomic E-state index is 12.0. The first kappa shape index (κ1) is 13.8. The van der Waals surface area contributed by atoms with Gasteiger partial charge in [-0.25, -0.2) is 0 Å². The first-order valence-electron chi connectivity index (χ1n) is 6.16. The van der Waals surface area contributed by atoms with Crippen LogP contribution in [0, 0.1) is 0 Å². The summed E-state index contributed by atoms with van der Waals surface area (Å²) in [6.45, 7) is 0.480. The number of nitrogens with zero attached hydrogens (tertiary/aromatic N) is 1. The average Bonchev–Trinajstić information content (AvgIpc) is 2.37. The van der Waals surface area contributed by atoms with Crippen molar-refractivity contribution >= 4 is 10.9 Å². The van der Waals surface area contributed by atoms with Crippen LogP contribution in [0.25, 0.3) is 10.9 Å². The summed E-state index contributed by atoms with van der Waals surface area (Å²) in [4.78, 5) is 4.31. The molecule has 5 heteroatoms. The second-order valence-corrected chi connectivity index (χ2v) is 4.36. The third kappa shape index (κ3) is 4.21. The number of benzene rings is 1. The molecule has 0 saturated heterocycles. The fourth-order valence-electron chi connectivity index (χ4n) is 1.95. The van der Waals surface area contributed by atoms with E-state index in [1.807, 2.05) is 30.3 Å². The van der Waals surface area contributed by atoms with E-state index in [0.29, 0.717) is 13.0 Å². The molecule has 0 fully saturated rings. The molecule has 0 amide bonds. The molecule has 0 atom stereocenters. The van der Waals surface area contributed by atoms with Crippen molar-refractivity contribution in [2.45, 2.75) is 19.0 Å². The molecule has 0 saturated carbocycles. The highest BCUT2D eigenvalue weighted by Crippen LogP contribution is 2.18. The number of rotatable bonds is 5. The Morgan fingerprint density at radius 3 is 2.63 bits per heavy atom. The zero-order valence-corrected chi connectivity index (χ0v) is 10.4. The highest BCUT2D eigenvalue weighted by molar-refractivity contribution is 5.81. The van der Waals surface area contributed by atoms with E-state index in [1.54, 1.807) is 6.20 Å². The van der Waals surface area contributed by atoms with Gasteiger partial charge in [-0.05, 0) is 24.6 Å². The Kier molecular flexibility index (Phi) is 4.37. The van der Waals surface area contributed by atoms with Crippen molar-refractivity contribution in [3.63, 3.8) is 0 Å². The van der Waals surface area contributed by atoms with E-state index >= 15 is 0 Å². The predicted octanol–water partition coefficient (Wildman–Crippen LogP) is 3.32. The number of aromatic nitrogens is 1. The highest BCUT2D eigenvalue weighted by Gasteiger charge is 2.25. The molecule has 1 heterocycles. The van der Waals surface area contributed by atoms with Crippen molar-refractivity contribution in [1.82, 2.24) is 10.3 Å². The van der Waals surface area contributed by atoms with E-state index in [4.69, 9.17) is 0 Å². The van der Waals surface area contributed by atoms with Gasteiger partial charge in [0.25, 0.3) is 0 Å². The molecule has 2 aromatic rings. The van der Waals surface area contributed by atoms with Gasteiger partial charge in [0.15, 0.2) is 0 Å². The summed E-state index contributed by atoms with van der Waals surface area (Å²) in [6, 6.07) is 9.72. The molecule has 0 aliphatic rings. The van der Waals surface area contributed by atoms with Crippen molar-refractivity contribution in [3.8, 4) is 0 Å². The molecule has 1 N–H and O–H groups in total. The Morgan fingerprint density at radius 2 is 1.84 bits per heavy atom. The number of hydrogen-bond acceptors (Lipinski definition) is 2. The first-order valence-corrected chi connectivity index (χ1v) is 6.16. The molecular weight excluding hydrogens is 253 g/mol. The van der Waals surface area contributed by atoms with Gasteiger partial charge in [-0.15, -0.1) is 0 Å². The molecule has 0 unspecified atom stereocenters. The van der Waals surface area contributed by atoms with Crippen LogP contribution in [0.5, 0.6) is 0 Å². The number of fused-ring (bicyclic) bond motifs is 1. The maximum atomic E-state index is 12.0. The Balaban J connectivity index is 1.88. The minimum absolute atomic E-state index is 0.0400. The van der Waals surface area contributed by atoms with Crippen LogP contribution in [-0.2, 0) is 6.42 Å². The van der Waals surface area contributed by atoms with Gasteiger partial charge in [-0.2, -0.15) is 13.2 Å². The molecule has 0 spiro atoms. The summed E-state index contributed by atoms with van der Waals surface area (Å²) >= 11 is 0. The Hall–Kier alpha value is -1.62. The number of nitrogens with one attached hydrogen (secondary N) is 1. The Bertz CT molecular complexity index is 532. The summed E-state index contributed by atoms with van der Waals surface area (Å²) in [5.74, 6) is 0. The van der Waals surface area contributed by atoms with Crippen LogP contribution in [0.1, 0.15) is 12.0 Å². The van der Waals surface area contributed by atoms with Gasteiger partial charge in [0.2, 0.25) is 0 Å². The molecule has 19 heavy (non-hydrogen) atoms. The van der Waals surface area contributed by atoms with Gasteiger partial charge in [0.05, 0.1) is 11.9 Å². The fraction of sp³-hybridized carbons (Fsp3) is 0.357. The van der Waals surface area contributed by atoms with Crippen molar-refractivity contribution in [1.29, 1.82) is 0 Å². The SMILES string of the molecule is FC(F)(F)CCNCCc1cccc2cccnc12. The predicted molar refractivity (Wildman–Crippen MR) is 69.0 cm³/mol. The van der Waals surface area contributed by atoms with Crippen LogP contribution in [0.2, 0.25) is 0 Å². The summed E-state index contributed by atoms with van der Waals surface area (Å²) in [5.41, 5.74) is 1.97. The zero-order chi connectivity index (χ0) is 13.7. The van der Waals surface area contributed by atoms with Crippen molar-refractivity contribution in [3.05, 3.63) is 42.1 Å². The van der Waals surface area contributed by atoms with Crippen molar-refractivity contribution in [2.75, 3.05) is 13.1 Å². The Labute approximate surface area is 109 Å². The number of alkyl halides is 3. The molecule has 2 nitrogen and oxygen atoms in total. The number of para-hydroxylation sites is 1. The monoisotopic (exact) mass is 268 g/mol. The molecule has 1 aromatic carbocycles. The first-order chi connectivity index (χ1) is 9.06. The van der Waals surface area contributed by atoms with E-state index in [-0.39, 0.29) is 6.54 Å². The summed E-state index contributed by atoms with van der Waals surface area (Å²) in [6.07, 6.45) is -2.48. The van der Waals surface area contributed by atoms with Crippen LogP contribution < -0.4 is 5.32 Å².